The van der Waals surface area contributed by atoms with E-state index in [4.69, 9.17) is 5.73 Å². The van der Waals surface area contributed by atoms with Crippen LogP contribution in [0.25, 0.3) is 0 Å². The molecule has 2 heterocycles. The number of primary amides is 1. The van der Waals surface area contributed by atoms with E-state index in [1.165, 1.54) is 36.4 Å². The number of aromatic nitrogens is 1. The molecule has 0 bridgehead atoms. The molecule has 1 aromatic heterocycles. The van der Waals surface area contributed by atoms with E-state index in [0.717, 1.165) is 10.4 Å². The molecule has 0 spiro atoms. The molecule has 0 atom stereocenters. The molecule has 3 aromatic rings. The highest BCUT2D eigenvalue weighted by molar-refractivity contribution is 7.92. The number of hydrogen-bond acceptors (Lipinski definition) is 6. The number of rotatable bonds is 4. The van der Waals surface area contributed by atoms with Gasteiger partial charge >= 0.3 is 6.18 Å². The number of nitrogens with one attached hydrogen (secondary N) is 1. The number of aromatic hydroxyl groups is 1. The van der Waals surface area contributed by atoms with Crippen molar-refractivity contribution in [2.24, 2.45) is 5.73 Å². The molecular weight excluding hydrogens is 497 g/mol. The third-order valence-corrected chi connectivity index (χ3v) is 8.50. The van der Waals surface area contributed by atoms with E-state index >= 15 is 0 Å². The topological polar surface area (TPSA) is 126 Å². The predicted octanol–water partition coefficient (Wildman–Crippen LogP) is 4.17. The number of carbonyl (C=O) groups excluding carboxylic acids is 1. The summed E-state index contributed by atoms with van der Waals surface area (Å²) in [4.78, 5) is 16.2. The fraction of sp³-hybridized carbons (Fsp3) is 0.250. The van der Waals surface area contributed by atoms with Gasteiger partial charge in [-0.2, -0.15) is 13.2 Å². The van der Waals surface area contributed by atoms with E-state index < -0.39 is 33.2 Å². The van der Waals surface area contributed by atoms with Crippen LogP contribution in [0.1, 0.15) is 36.1 Å². The minimum atomic E-state index is -4.70. The number of nitrogens with zero attached hydrogens (tertiary/aromatic N) is 2. The highest BCUT2D eigenvalue weighted by Gasteiger charge is 2.48. The molecule has 0 unspecified atom stereocenters. The first-order chi connectivity index (χ1) is 16.9. The lowest BCUT2D eigenvalue weighted by Gasteiger charge is -2.42. The number of amides is 1. The summed E-state index contributed by atoms with van der Waals surface area (Å²) in [5.41, 5.74) is 4.40. The van der Waals surface area contributed by atoms with Gasteiger partial charge in [-0.3, -0.25) is 9.10 Å². The molecule has 2 aromatic carbocycles. The molecule has 4 N–H and O–H groups in total. The smallest absolute Gasteiger partial charge is 0.433 e. The van der Waals surface area contributed by atoms with Crippen molar-refractivity contribution in [3.05, 3.63) is 71.4 Å². The Balaban J connectivity index is 1.76. The Hall–Kier alpha value is -3.80. The number of sulfonamides is 1. The third kappa shape index (κ3) is 3.72. The van der Waals surface area contributed by atoms with Crippen LogP contribution in [0.4, 0.5) is 30.4 Å². The van der Waals surface area contributed by atoms with E-state index in [1.807, 2.05) is 0 Å². The van der Waals surface area contributed by atoms with Crippen LogP contribution in [0.2, 0.25) is 0 Å². The number of carbonyl (C=O) groups is 1. The average Bonchev–Trinajstić information content (AvgIpc) is 2.95. The molecule has 8 nitrogen and oxygen atoms in total. The number of alkyl halides is 3. The van der Waals surface area contributed by atoms with Crippen molar-refractivity contribution in [3.63, 3.8) is 0 Å². The summed E-state index contributed by atoms with van der Waals surface area (Å²) >= 11 is 0. The van der Waals surface area contributed by atoms with Gasteiger partial charge in [-0.15, -0.1) is 0 Å². The van der Waals surface area contributed by atoms with Crippen molar-refractivity contribution in [3.8, 4) is 5.75 Å². The Bertz CT molecular complexity index is 1470. The number of halogens is 3. The second-order valence-electron chi connectivity index (χ2n) is 8.83. The van der Waals surface area contributed by atoms with Gasteiger partial charge in [-0.05, 0) is 54.8 Å². The molecule has 1 amide bonds. The molecular formula is C24H21F3N4O4S. The van der Waals surface area contributed by atoms with E-state index in [-0.39, 0.29) is 39.9 Å². The van der Waals surface area contributed by atoms with Gasteiger partial charge in [-0.1, -0.05) is 24.6 Å². The van der Waals surface area contributed by atoms with Crippen LogP contribution in [0, 0.1) is 0 Å². The summed E-state index contributed by atoms with van der Waals surface area (Å²) < 4.78 is 69.0. The maximum absolute atomic E-state index is 13.9. The van der Waals surface area contributed by atoms with Crippen LogP contribution in [0.15, 0.2) is 59.5 Å². The van der Waals surface area contributed by atoms with Crippen LogP contribution in [-0.4, -0.2) is 24.4 Å². The van der Waals surface area contributed by atoms with Crippen LogP contribution < -0.4 is 15.4 Å². The lowest BCUT2D eigenvalue weighted by atomic mass is 9.63. The standard InChI is InChI=1S/C24H21F3N4O4S/c25-24(26,27)19-10-5-14-13-31(36(34,35)16-8-6-15(32)7-9-16)20-17(23(22(28)33)11-2-12-23)3-1-4-18(20)29-21(14)30-19/h1,3-10,32H,2,11-13H2,(H2,28,33)(H,29,30). The summed E-state index contributed by atoms with van der Waals surface area (Å²) in [6.07, 6.45) is -3.17. The van der Waals surface area contributed by atoms with E-state index in [0.29, 0.717) is 24.8 Å². The number of nitrogens with two attached hydrogens (primary N) is 1. The third-order valence-electron chi connectivity index (χ3n) is 6.74. The van der Waals surface area contributed by atoms with Crippen LogP contribution in [0.5, 0.6) is 5.75 Å². The number of para-hydroxylation sites is 1. The monoisotopic (exact) mass is 518 g/mol. The fourth-order valence-electron chi connectivity index (χ4n) is 4.67. The minimum Gasteiger partial charge on any atom is -0.508 e. The summed E-state index contributed by atoms with van der Waals surface area (Å²) in [7, 11) is -4.31. The Morgan fingerprint density at radius 3 is 2.36 bits per heavy atom. The Kier molecular flexibility index (Phi) is 5.39. The molecule has 5 rings (SSSR count). The summed E-state index contributed by atoms with van der Waals surface area (Å²) in [6.45, 7) is -0.352. The van der Waals surface area contributed by atoms with Crippen molar-refractivity contribution in [2.75, 3.05) is 9.62 Å². The van der Waals surface area contributed by atoms with Crippen molar-refractivity contribution < 1.29 is 31.5 Å². The van der Waals surface area contributed by atoms with E-state index in [1.54, 1.807) is 12.1 Å². The zero-order valence-electron chi connectivity index (χ0n) is 18.7. The predicted molar refractivity (Wildman–Crippen MR) is 125 cm³/mol. The first-order valence-corrected chi connectivity index (χ1v) is 12.5. The number of phenolic OH excluding ortho intramolecular Hbond substituents is 1. The van der Waals surface area contributed by atoms with Gasteiger partial charge in [0.25, 0.3) is 10.0 Å². The van der Waals surface area contributed by atoms with Crippen LogP contribution in [0.3, 0.4) is 0 Å². The Morgan fingerprint density at radius 2 is 1.78 bits per heavy atom. The molecule has 1 aliphatic carbocycles. The number of fused-ring (bicyclic) bond motifs is 2. The Labute approximate surface area is 204 Å². The normalized spacial score (nSPS) is 16.7. The average molecular weight is 519 g/mol. The number of hydrogen-bond donors (Lipinski definition) is 3. The van der Waals surface area contributed by atoms with Gasteiger partial charge < -0.3 is 16.2 Å². The number of anilines is 3. The van der Waals surface area contributed by atoms with Crippen molar-refractivity contribution in [1.29, 1.82) is 0 Å². The summed E-state index contributed by atoms with van der Waals surface area (Å²) in [5.74, 6) is -0.888. The lowest BCUT2D eigenvalue weighted by molar-refractivity contribution is -0.141. The molecule has 12 heteroatoms. The largest absolute Gasteiger partial charge is 0.508 e. The van der Waals surface area contributed by atoms with Crippen molar-refractivity contribution in [2.45, 2.75) is 42.3 Å². The highest BCUT2D eigenvalue weighted by Crippen LogP contribution is 2.51. The number of pyridine rings is 1. The van der Waals surface area contributed by atoms with E-state index in [9.17, 15) is 31.5 Å². The molecule has 1 saturated carbocycles. The first kappa shape index (κ1) is 23.9. The van der Waals surface area contributed by atoms with Gasteiger partial charge in [-0.25, -0.2) is 13.4 Å². The van der Waals surface area contributed by atoms with Gasteiger partial charge in [0.15, 0.2) is 0 Å². The maximum Gasteiger partial charge on any atom is 0.433 e. The lowest BCUT2D eigenvalue weighted by Crippen LogP contribution is -2.48. The van der Waals surface area contributed by atoms with Gasteiger partial charge in [0.05, 0.1) is 28.2 Å². The molecule has 1 fully saturated rings. The van der Waals surface area contributed by atoms with Gasteiger partial charge in [0, 0.05) is 5.56 Å². The van der Waals surface area contributed by atoms with Crippen LogP contribution in [-0.2, 0) is 33.0 Å². The highest BCUT2D eigenvalue weighted by atomic mass is 32.2. The molecule has 0 radical (unpaired) electrons. The molecule has 0 saturated heterocycles. The van der Waals surface area contributed by atoms with Crippen molar-refractivity contribution in [1.82, 2.24) is 4.98 Å². The Morgan fingerprint density at radius 1 is 1.08 bits per heavy atom. The first-order valence-electron chi connectivity index (χ1n) is 11.0. The molecule has 1 aliphatic heterocycles. The summed E-state index contributed by atoms with van der Waals surface area (Å²) in [6, 6.07) is 11.6. The second-order valence-corrected chi connectivity index (χ2v) is 10.7. The van der Waals surface area contributed by atoms with Crippen LogP contribution >= 0.6 is 0 Å². The second kappa shape index (κ2) is 8.12. The molecule has 36 heavy (non-hydrogen) atoms. The summed E-state index contributed by atoms with van der Waals surface area (Å²) in [5, 5.41) is 12.5. The fourth-order valence-corrected chi connectivity index (χ4v) is 6.15. The zero-order chi connectivity index (χ0) is 25.9. The van der Waals surface area contributed by atoms with Gasteiger partial charge in [0.2, 0.25) is 5.91 Å². The minimum absolute atomic E-state index is 0.121. The van der Waals surface area contributed by atoms with Crippen molar-refractivity contribution >= 4 is 33.1 Å². The van der Waals surface area contributed by atoms with Gasteiger partial charge in [0.1, 0.15) is 17.3 Å². The maximum atomic E-state index is 13.9. The molecule has 188 valence electrons. The number of benzene rings is 2. The molecule has 2 aliphatic rings. The quantitative estimate of drug-likeness (QED) is 0.476. The zero-order valence-corrected chi connectivity index (χ0v) is 19.5. The SMILES string of the molecule is NC(=O)C1(c2cccc3c2N(S(=O)(=O)c2ccc(O)cc2)Cc2ccc(C(F)(F)F)nc2N3)CCC1. The van der Waals surface area contributed by atoms with E-state index in [2.05, 4.69) is 10.3 Å². The number of phenols is 1.